The van der Waals surface area contributed by atoms with Gasteiger partial charge in [-0.3, -0.25) is 19.1 Å². The lowest BCUT2D eigenvalue weighted by molar-refractivity contribution is -0.143. The molecule has 2 heterocycles. The predicted molar refractivity (Wildman–Crippen MR) is 106 cm³/mol. The molecule has 2 aliphatic rings. The SMILES string of the molecule is O=C(Cn1c(=O)c(C(F)(F)F)nc2ccccc21)N1CCN(C2CCCCC2)CC1. The Morgan fingerprint density at radius 1 is 1.03 bits per heavy atom. The number of para-hydroxylation sites is 2. The smallest absolute Gasteiger partial charge is 0.339 e. The molecule has 30 heavy (non-hydrogen) atoms. The summed E-state index contributed by atoms with van der Waals surface area (Å²) in [6.45, 7) is 2.15. The molecule has 0 spiro atoms. The third kappa shape index (κ3) is 4.21. The Hall–Kier alpha value is -2.42. The van der Waals surface area contributed by atoms with Crippen molar-refractivity contribution in [3.63, 3.8) is 0 Å². The Morgan fingerprint density at radius 2 is 1.70 bits per heavy atom. The van der Waals surface area contributed by atoms with Crippen molar-refractivity contribution in [2.45, 2.75) is 50.9 Å². The van der Waals surface area contributed by atoms with Gasteiger partial charge < -0.3 is 4.90 Å². The molecule has 1 saturated heterocycles. The lowest BCUT2D eigenvalue weighted by atomic mass is 9.94. The number of aromatic nitrogens is 2. The zero-order chi connectivity index (χ0) is 21.3. The third-order valence-corrected chi connectivity index (χ3v) is 6.17. The topological polar surface area (TPSA) is 58.4 Å². The van der Waals surface area contributed by atoms with Gasteiger partial charge in [0, 0.05) is 32.2 Å². The summed E-state index contributed by atoms with van der Waals surface area (Å²) < 4.78 is 40.8. The second-order valence-corrected chi connectivity index (χ2v) is 8.05. The molecule has 0 N–H and O–H groups in total. The van der Waals surface area contributed by atoms with E-state index in [0.717, 1.165) is 17.7 Å². The van der Waals surface area contributed by atoms with E-state index < -0.39 is 24.0 Å². The van der Waals surface area contributed by atoms with Crippen LogP contribution in [0.25, 0.3) is 11.0 Å². The van der Waals surface area contributed by atoms with Gasteiger partial charge in [0.2, 0.25) is 11.6 Å². The predicted octanol–water partition coefficient (Wildman–Crippen LogP) is 2.89. The van der Waals surface area contributed by atoms with Crippen LogP contribution in [-0.4, -0.2) is 57.5 Å². The Kier molecular flexibility index (Phi) is 5.81. The number of piperazine rings is 1. The average Bonchev–Trinajstić information content (AvgIpc) is 2.75. The minimum absolute atomic E-state index is 0.0411. The summed E-state index contributed by atoms with van der Waals surface area (Å²) >= 11 is 0. The summed E-state index contributed by atoms with van der Waals surface area (Å²) in [7, 11) is 0. The number of fused-ring (bicyclic) bond motifs is 1. The van der Waals surface area contributed by atoms with Gasteiger partial charge in [-0.25, -0.2) is 4.98 Å². The van der Waals surface area contributed by atoms with Crippen LogP contribution in [0.2, 0.25) is 0 Å². The number of benzene rings is 1. The van der Waals surface area contributed by atoms with Crippen molar-refractivity contribution >= 4 is 16.9 Å². The number of hydrogen-bond donors (Lipinski definition) is 0. The minimum atomic E-state index is -4.88. The summed E-state index contributed by atoms with van der Waals surface area (Å²) in [6, 6.07) is 6.65. The first-order valence-electron chi connectivity index (χ1n) is 10.4. The molecule has 6 nitrogen and oxygen atoms in total. The molecule has 1 amide bonds. The second kappa shape index (κ2) is 8.37. The molecule has 2 fully saturated rings. The van der Waals surface area contributed by atoms with E-state index in [-0.39, 0.29) is 16.9 Å². The number of halogens is 3. The molecular weight excluding hydrogens is 397 g/mol. The summed E-state index contributed by atoms with van der Waals surface area (Å²) in [4.78, 5) is 32.9. The van der Waals surface area contributed by atoms with Gasteiger partial charge >= 0.3 is 6.18 Å². The fourth-order valence-corrected chi connectivity index (χ4v) is 4.55. The Morgan fingerprint density at radius 3 is 2.37 bits per heavy atom. The highest BCUT2D eigenvalue weighted by atomic mass is 19.4. The molecule has 0 bridgehead atoms. The van der Waals surface area contributed by atoms with Gasteiger partial charge in [0.15, 0.2) is 0 Å². The number of alkyl halides is 3. The number of carbonyl (C=O) groups excluding carboxylic acids is 1. The molecule has 0 unspecified atom stereocenters. The van der Waals surface area contributed by atoms with Crippen LogP contribution >= 0.6 is 0 Å². The summed E-state index contributed by atoms with van der Waals surface area (Å²) in [5.74, 6) is -0.343. The molecule has 1 saturated carbocycles. The van der Waals surface area contributed by atoms with Gasteiger partial charge in [0.05, 0.1) is 11.0 Å². The number of carbonyl (C=O) groups is 1. The van der Waals surface area contributed by atoms with Gasteiger partial charge in [-0.15, -0.1) is 0 Å². The number of hydrogen-bond acceptors (Lipinski definition) is 4. The van der Waals surface area contributed by atoms with Crippen molar-refractivity contribution < 1.29 is 18.0 Å². The molecular formula is C21H25F3N4O2. The monoisotopic (exact) mass is 422 g/mol. The van der Waals surface area contributed by atoms with E-state index in [1.807, 2.05) is 0 Å². The number of amides is 1. The highest BCUT2D eigenvalue weighted by Gasteiger charge is 2.38. The maximum atomic E-state index is 13.3. The van der Waals surface area contributed by atoms with E-state index in [4.69, 9.17) is 0 Å². The maximum Gasteiger partial charge on any atom is 0.438 e. The molecule has 9 heteroatoms. The van der Waals surface area contributed by atoms with Gasteiger partial charge in [-0.05, 0) is 25.0 Å². The van der Waals surface area contributed by atoms with Crippen molar-refractivity contribution in [3.05, 3.63) is 40.3 Å². The van der Waals surface area contributed by atoms with Gasteiger partial charge in [-0.1, -0.05) is 31.4 Å². The molecule has 1 aromatic carbocycles. The fourth-order valence-electron chi connectivity index (χ4n) is 4.55. The van der Waals surface area contributed by atoms with Crippen LogP contribution < -0.4 is 5.56 Å². The zero-order valence-corrected chi connectivity index (χ0v) is 16.7. The van der Waals surface area contributed by atoms with E-state index in [1.54, 1.807) is 17.0 Å². The lowest BCUT2D eigenvalue weighted by Crippen LogP contribution is -2.53. The molecule has 162 valence electrons. The first-order valence-corrected chi connectivity index (χ1v) is 10.4. The Bertz CT molecular complexity index is 974. The quantitative estimate of drug-likeness (QED) is 0.763. The molecule has 2 aromatic rings. The van der Waals surface area contributed by atoms with Crippen LogP contribution in [0.4, 0.5) is 13.2 Å². The van der Waals surface area contributed by atoms with Gasteiger partial charge in [-0.2, -0.15) is 13.2 Å². The molecule has 0 atom stereocenters. The van der Waals surface area contributed by atoms with E-state index in [1.165, 1.54) is 44.2 Å². The summed E-state index contributed by atoms with van der Waals surface area (Å²) in [6.07, 6.45) is 1.26. The van der Waals surface area contributed by atoms with Crippen LogP contribution in [0.5, 0.6) is 0 Å². The number of nitrogens with zero attached hydrogens (tertiary/aromatic N) is 4. The van der Waals surface area contributed by atoms with E-state index in [2.05, 4.69) is 9.88 Å². The third-order valence-electron chi connectivity index (χ3n) is 6.17. The van der Waals surface area contributed by atoms with E-state index >= 15 is 0 Å². The normalized spacial score (nSPS) is 19.4. The van der Waals surface area contributed by atoms with Crippen molar-refractivity contribution in [3.8, 4) is 0 Å². The van der Waals surface area contributed by atoms with Crippen molar-refractivity contribution in [2.24, 2.45) is 0 Å². The standard InChI is InChI=1S/C21H25F3N4O2/c22-21(23,24)19-20(30)28(17-9-5-4-8-16(17)25-19)14-18(29)27-12-10-26(11-13-27)15-6-2-1-3-7-15/h4-5,8-9,15H,1-3,6-7,10-14H2. The van der Waals surface area contributed by atoms with Crippen molar-refractivity contribution in [2.75, 3.05) is 26.2 Å². The van der Waals surface area contributed by atoms with Crippen LogP contribution in [0.15, 0.2) is 29.1 Å². The van der Waals surface area contributed by atoms with Crippen molar-refractivity contribution in [1.29, 1.82) is 0 Å². The van der Waals surface area contributed by atoms with Crippen molar-refractivity contribution in [1.82, 2.24) is 19.4 Å². The second-order valence-electron chi connectivity index (χ2n) is 8.05. The Balaban J connectivity index is 1.52. The van der Waals surface area contributed by atoms with Crippen LogP contribution in [0, 0.1) is 0 Å². The fraction of sp³-hybridized carbons (Fsp3) is 0.571. The highest BCUT2D eigenvalue weighted by molar-refractivity contribution is 5.80. The van der Waals surface area contributed by atoms with Gasteiger partial charge in [0.25, 0.3) is 5.56 Å². The Labute approximate surface area is 172 Å². The minimum Gasteiger partial charge on any atom is -0.339 e. The highest BCUT2D eigenvalue weighted by Crippen LogP contribution is 2.27. The van der Waals surface area contributed by atoms with Crippen LogP contribution in [0.1, 0.15) is 37.8 Å². The van der Waals surface area contributed by atoms with E-state index in [0.29, 0.717) is 19.1 Å². The van der Waals surface area contributed by atoms with E-state index in [9.17, 15) is 22.8 Å². The molecule has 1 aromatic heterocycles. The summed E-state index contributed by atoms with van der Waals surface area (Å²) in [5.41, 5.74) is -2.50. The molecule has 4 rings (SSSR count). The molecule has 1 aliphatic carbocycles. The van der Waals surface area contributed by atoms with Crippen LogP contribution in [0.3, 0.4) is 0 Å². The maximum absolute atomic E-state index is 13.3. The van der Waals surface area contributed by atoms with Crippen LogP contribution in [-0.2, 0) is 17.5 Å². The lowest BCUT2D eigenvalue weighted by Gasteiger charge is -2.40. The largest absolute Gasteiger partial charge is 0.438 e. The zero-order valence-electron chi connectivity index (χ0n) is 16.7. The molecule has 1 aliphatic heterocycles. The summed E-state index contributed by atoms with van der Waals surface area (Å²) in [5, 5.41) is 0. The first-order chi connectivity index (χ1) is 14.3. The number of rotatable bonds is 3. The van der Waals surface area contributed by atoms with Gasteiger partial charge in [0.1, 0.15) is 6.54 Å². The first kappa shape index (κ1) is 20.8. The average molecular weight is 422 g/mol. The molecule has 0 radical (unpaired) electrons.